The number of nitrogens with zero attached hydrogens (tertiary/aromatic N) is 1. The zero-order chi connectivity index (χ0) is 19.1. The van der Waals surface area contributed by atoms with Crippen molar-refractivity contribution >= 4 is 22.6 Å². The molecule has 0 N–H and O–H groups in total. The fraction of sp³-hybridized carbons (Fsp3) is 0.176. The van der Waals surface area contributed by atoms with E-state index < -0.39 is 27.9 Å². The summed E-state index contributed by atoms with van der Waals surface area (Å²) in [5.41, 5.74) is -2.05. The highest BCUT2D eigenvalue weighted by atomic mass is 35.5. The molecular formula is C17H11ClF3NO4. The average Bonchev–Trinajstić information content (AvgIpc) is 2.57. The molecule has 0 spiro atoms. The lowest BCUT2D eigenvalue weighted by Crippen LogP contribution is -2.24. The van der Waals surface area contributed by atoms with Crippen molar-refractivity contribution < 1.29 is 22.3 Å². The largest absolute Gasteiger partial charge is 0.497 e. The molecule has 0 atom stereocenters. The van der Waals surface area contributed by atoms with Gasteiger partial charge in [0.25, 0.3) is 5.56 Å². The van der Waals surface area contributed by atoms with E-state index in [2.05, 4.69) is 0 Å². The summed E-state index contributed by atoms with van der Waals surface area (Å²) in [6.07, 6.45) is -4.00. The summed E-state index contributed by atoms with van der Waals surface area (Å²) in [5, 5.41) is -0.0976. The minimum Gasteiger partial charge on any atom is -0.497 e. The Bertz CT molecular complexity index is 1100. The molecule has 5 nitrogen and oxygen atoms in total. The van der Waals surface area contributed by atoms with Crippen LogP contribution in [0.1, 0.15) is 11.1 Å². The Morgan fingerprint density at radius 2 is 1.92 bits per heavy atom. The first-order valence-corrected chi connectivity index (χ1v) is 7.65. The van der Waals surface area contributed by atoms with Gasteiger partial charge >= 0.3 is 11.8 Å². The van der Waals surface area contributed by atoms with Gasteiger partial charge in [0.05, 0.1) is 19.2 Å². The highest BCUT2D eigenvalue weighted by Crippen LogP contribution is 2.30. The molecule has 0 amide bonds. The fourth-order valence-electron chi connectivity index (χ4n) is 2.52. The van der Waals surface area contributed by atoms with Crippen molar-refractivity contribution in [3.63, 3.8) is 0 Å². The lowest BCUT2D eigenvalue weighted by atomic mass is 10.1. The van der Waals surface area contributed by atoms with Crippen molar-refractivity contribution in [3.8, 4) is 5.75 Å². The predicted octanol–water partition coefficient (Wildman–Crippen LogP) is 3.68. The molecule has 9 heteroatoms. The lowest BCUT2D eigenvalue weighted by molar-refractivity contribution is -0.138. The second-order valence-electron chi connectivity index (χ2n) is 5.46. The number of ether oxygens (including phenoxy) is 1. The quantitative estimate of drug-likeness (QED) is 0.645. The number of fused-ring (bicyclic) bond motifs is 1. The average molecular weight is 386 g/mol. The van der Waals surface area contributed by atoms with Crippen LogP contribution >= 0.6 is 11.6 Å². The number of methoxy groups -OCH3 is 1. The van der Waals surface area contributed by atoms with Crippen molar-refractivity contribution in [1.82, 2.24) is 4.57 Å². The first-order chi connectivity index (χ1) is 12.2. The maximum absolute atomic E-state index is 13.0. The van der Waals surface area contributed by atoms with E-state index in [1.807, 2.05) is 0 Å². The Hall–Kier alpha value is -2.74. The molecule has 3 aromatic rings. The van der Waals surface area contributed by atoms with Crippen LogP contribution < -0.4 is 15.9 Å². The molecule has 2 heterocycles. The summed E-state index contributed by atoms with van der Waals surface area (Å²) in [5.74, 6) is 0.442. The SMILES string of the molecule is COc1ccc2c(Cn3cc(C(F)(F)F)cc(Cl)c3=O)cc(=O)oc2c1. The van der Waals surface area contributed by atoms with E-state index in [4.69, 9.17) is 20.8 Å². The van der Waals surface area contributed by atoms with Crippen LogP contribution in [-0.4, -0.2) is 11.7 Å². The second-order valence-corrected chi connectivity index (χ2v) is 5.87. The van der Waals surface area contributed by atoms with Gasteiger partial charge in [-0.05, 0) is 23.8 Å². The molecule has 136 valence electrons. The van der Waals surface area contributed by atoms with Gasteiger partial charge in [-0.25, -0.2) is 4.79 Å². The van der Waals surface area contributed by atoms with Gasteiger partial charge in [-0.15, -0.1) is 0 Å². The highest BCUT2D eigenvalue weighted by molar-refractivity contribution is 6.30. The standard InChI is InChI=1S/C17H11ClF3NO4/c1-25-11-2-3-12-9(4-15(23)26-14(12)6-11)7-22-8-10(17(19,20)21)5-13(18)16(22)24/h2-6,8H,7H2,1H3. The van der Waals surface area contributed by atoms with E-state index in [1.54, 1.807) is 12.1 Å². The zero-order valence-electron chi connectivity index (χ0n) is 13.3. The van der Waals surface area contributed by atoms with Gasteiger partial charge in [0.15, 0.2) is 0 Å². The molecule has 26 heavy (non-hydrogen) atoms. The van der Waals surface area contributed by atoms with Crippen molar-refractivity contribution in [2.24, 2.45) is 0 Å². The Morgan fingerprint density at radius 1 is 1.19 bits per heavy atom. The molecule has 0 aliphatic rings. The molecule has 0 aliphatic carbocycles. The highest BCUT2D eigenvalue weighted by Gasteiger charge is 2.32. The monoisotopic (exact) mass is 385 g/mol. The fourth-order valence-corrected chi connectivity index (χ4v) is 2.75. The Labute approximate surface area is 149 Å². The van der Waals surface area contributed by atoms with Gasteiger partial charge in [-0.2, -0.15) is 13.2 Å². The van der Waals surface area contributed by atoms with Crippen LogP contribution in [0.2, 0.25) is 5.02 Å². The number of pyridine rings is 1. The first-order valence-electron chi connectivity index (χ1n) is 7.27. The van der Waals surface area contributed by atoms with Crippen molar-refractivity contribution in [3.05, 3.63) is 73.5 Å². The molecule has 0 saturated carbocycles. The Balaban J connectivity index is 2.17. The van der Waals surface area contributed by atoms with E-state index >= 15 is 0 Å². The number of rotatable bonds is 3. The molecule has 0 saturated heterocycles. The van der Waals surface area contributed by atoms with Crippen LogP contribution in [-0.2, 0) is 12.7 Å². The van der Waals surface area contributed by atoms with E-state index in [-0.39, 0.29) is 12.1 Å². The van der Waals surface area contributed by atoms with Gasteiger partial charge in [-0.3, -0.25) is 4.79 Å². The van der Waals surface area contributed by atoms with E-state index in [0.717, 1.165) is 10.6 Å². The number of halogens is 4. The summed E-state index contributed by atoms with van der Waals surface area (Å²) in [6, 6.07) is 6.36. The summed E-state index contributed by atoms with van der Waals surface area (Å²) < 4.78 is 49.8. The topological polar surface area (TPSA) is 61.4 Å². The summed E-state index contributed by atoms with van der Waals surface area (Å²) in [6.45, 7) is -0.281. The van der Waals surface area contributed by atoms with Crippen molar-refractivity contribution in [2.45, 2.75) is 12.7 Å². The number of alkyl halides is 3. The molecule has 0 fully saturated rings. The molecule has 0 unspecified atom stereocenters. The lowest BCUT2D eigenvalue weighted by Gasteiger charge is -2.13. The van der Waals surface area contributed by atoms with Crippen LogP contribution in [0.4, 0.5) is 13.2 Å². The van der Waals surface area contributed by atoms with Gasteiger partial charge in [0.1, 0.15) is 16.4 Å². The molecule has 0 radical (unpaired) electrons. The van der Waals surface area contributed by atoms with E-state index in [0.29, 0.717) is 29.0 Å². The predicted molar refractivity (Wildman–Crippen MR) is 88.9 cm³/mol. The third kappa shape index (κ3) is 3.45. The smallest absolute Gasteiger partial charge is 0.417 e. The van der Waals surface area contributed by atoms with E-state index in [1.165, 1.54) is 13.2 Å². The normalized spacial score (nSPS) is 11.7. The molecule has 0 bridgehead atoms. The summed E-state index contributed by atoms with van der Waals surface area (Å²) >= 11 is 5.65. The maximum Gasteiger partial charge on any atom is 0.417 e. The van der Waals surface area contributed by atoms with Crippen LogP contribution in [0.25, 0.3) is 11.0 Å². The number of hydrogen-bond donors (Lipinski definition) is 0. The molecule has 2 aromatic heterocycles. The summed E-state index contributed by atoms with van der Waals surface area (Å²) in [7, 11) is 1.44. The number of hydrogen-bond acceptors (Lipinski definition) is 4. The van der Waals surface area contributed by atoms with Gasteiger partial charge in [-0.1, -0.05) is 11.6 Å². The van der Waals surface area contributed by atoms with Crippen LogP contribution in [0.3, 0.4) is 0 Å². The van der Waals surface area contributed by atoms with Crippen molar-refractivity contribution in [2.75, 3.05) is 7.11 Å². The molecule has 3 rings (SSSR count). The Morgan fingerprint density at radius 3 is 2.58 bits per heavy atom. The van der Waals surface area contributed by atoms with Crippen molar-refractivity contribution in [1.29, 1.82) is 0 Å². The third-order valence-corrected chi connectivity index (χ3v) is 4.02. The minimum atomic E-state index is -4.66. The van der Waals surface area contributed by atoms with Gasteiger partial charge in [0, 0.05) is 23.7 Å². The van der Waals surface area contributed by atoms with Gasteiger partial charge in [0.2, 0.25) is 0 Å². The number of aromatic nitrogens is 1. The Kier molecular flexibility index (Phi) is 4.53. The molecule has 0 aliphatic heterocycles. The summed E-state index contributed by atoms with van der Waals surface area (Å²) in [4.78, 5) is 23.9. The van der Waals surface area contributed by atoms with Crippen LogP contribution in [0.15, 0.2) is 50.5 Å². The third-order valence-electron chi connectivity index (χ3n) is 3.75. The zero-order valence-corrected chi connectivity index (χ0v) is 14.0. The molecular weight excluding hydrogens is 375 g/mol. The maximum atomic E-state index is 13.0. The number of benzene rings is 1. The molecule has 1 aromatic carbocycles. The van der Waals surface area contributed by atoms with Crippen LogP contribution in [0.5, 0.6) is 5.75 Å². The first kappa shape index (κ1) is 18.1. The minimum absolute atomic E-state index is 0.193. The van der Waals surface area contributed by atoms with E-state index in [9.17, 15) is 22.8 Å². The van der Waals surface area contributed by atoms with Gasteiger partial charge < -0.3 is 13.7 Å². The van der Waals surface area contributed by atoms with Crippen LogP contribution in [0, 0.1) is 0 Å². The second kappa shape index (κ2) is 6.53.